The molecule has 0 atom stereocenters. The van der Waals surface area contributed by atoms with Crippen LogP contribution in [0.1, 0.15) is 22.4 Å². The first kappa shape index (κ1) is 16.1. The van der Waals surface area contributed by atoms with Gasteiger partial charge < -0.3 is 10.3 Å². The first-order valence-electron chi connectivity index (χ1n) is 8.26. The molecule has 130 valence electrons. The van der Waals surface area contributed by atoms with Crippen LogP contribution in [0, 0.1) is 12.9 Å². The molecule has 0 aliphatic carbocycles. The van der Waals surface area contributed by atoms with Gasteiger partial charge in [-0.05, 0) is 36.2 Å². The van der Waals surface area contributed by atoms with E-state index in [4.69, 9.17) is 0 Å². The average molecular weight is 348 g/mol. The number of halogens is 1. The Labute approximate surface area is 149 Å². The van der Waals surface area contributed by atoms with Gasteiger partial charge in [-0.15, -0.1) is 0 Å². The highest BCUT2D eigenvalue weighted by molar-refractivity contribution is 5.78. The van der Waals surface area contributed by atoms with E-state index in [0.29, 0.717) is 24.3 Å². The smallest absolute Gasteiger partial charge is 0.218 e. The van der Waals surface area contributed by atoms with Crippen molar-refractivity contribution in [2.75, 3.05) is 5.32 Å². The molecule has 7 heteroatoms. The molecule has 4 aromatic heterocycles. The minimum absolute atomic E-state index is 0.423. The van der Waals surface area contributed by atoms with Crippen LogP contribution in [0.4, 0.5) is 10.2 Å². The van der Waals surface area contributed by atoms with Crippen LogP contribution < -0.4 is 5.32 Å². The van der Waals surface area contributed by atoms with E-state index < -0.39 is 5.95 Å². The monoisotopic (exact) mass is 348 g/mol. The lowest BCUT2D eigenvalue weighted by Crippen LogP contribution is -2.05. The summed E-state index contributed by atoms with van der Waals surface area (Å²) >= 11 is 0. The summed E-state index contributed by atoms with van der Waals surface area (Å²) in [7, 11) is 0. The summed E-state index contributed by atoms with van der Waals surface area (Å²) in [5, 5.41) is 3.99. The number of pyridine rings is 2. The largest absolute Gasteiger partial charge is 0.364 e. The molecular formula is C19H17FN6. The molecule has 0 bridgehead atoms. The number of anilines is 1. The summed E-state index contributed by atoms with van der Waals surface area (Å²) < 4.78 is 14.4. The van der Waals surface area contributed by atoms with E-state index in [0.717, 1.165) is 27.9 Å². The summed E-state index contributed by atoms with van der Waals surface area (Å²) in [5.41, 5.74) is 4.22. The van der Waals surface area contributed by atoms with Crippen LogP contribution >= 0.6 is 0 Å². The van der Waals surface area contributed by atoms with Crippen molar-refractivity contribution in [1.82, 2.24) is 24.9 Å². The standard InChI is InChI=1S/C19H17FN6/c1-12-4-5-22-15(6-12)9-23-17-3-2-13(18(20)26-17)7-14-8-24-19-16(14)10-21-11-25-19/h2-6,8,10-11H,7,9H2,1H3,(H,23,26)(H,21,24,25). The number of nitrogens with zero attached hydrogens (tertiary/aromatic N) is 4. The molecule has 0 aliphatic heterocycles. The van der Waals surface area contributed by atoms with Crippen LogP contribution in [-0.2, 0) is 13.0 Å². The van der Waals surface area contributed by atoms with Gasteiger partial charge in [0.05, 0.1) is 12.2 Å². The van der Waals surface area contributed by atoms with Gasteiger partial charge in [0.25, 0.3) is 0 Å². The number of nitrogens with one attached hydrogen (secondary N) is 2. The Balaban J connectivity index is 1.49. The van der Waals surface area contributed by atoms with Crippen molar-refractivity contribution >= 4 is 16.9 Å². The second-order valence-electron chi connectivity index (χ2n) is 6.10. The Morgan fingerprint density at radius 3 is 2.92 bits per heavy atom. The number of aromatic amines is 1. The van der Waals surface area contributed by atoms with Crippen molar-refractivity contribution < 1.29 is 4.39 Å². The molecule has 2 N–H and O–H groups in total. The molecule has 4 aromatic rings. The summed E-state index contributed by atoms with van der Waals surface area (Å²) in [6.45, 7) is 2.50. The maximum atomic E-state index is 14.4. The summed E-state index contributed by atoms with van der Waals surface area (Å²) in [4.78, 5) is 19.5. The van der Waals surface area contributed by atoms with Gasteiger partial charge in [-0.25, -0.2) is 15.0 Å². The highest BCUT2D eigenvalue weighted by atomic mass is 19.1. The molecule has 4 rings (SSSR count). The average Bonchev–Trinajstić information content (AvgIpc) is 3.05. The fourth-order valence-electron chi connectivity index (χ4n) is 2.83. The van der Waals surface area contributed by atoms with E-state index in [-0.39, 0.29) is 0 Å². The van der Waals surface area contributed by atoms with Crippen molar-refractivity contribution in [3.05, 3.63) is 77.5 Å². The zero-order valence-corrected chi connectivity index (χ0v) is 14.2. The SMILES string of the molecule is Cc1ccnc(CNc2ccc(Cc3c[nH]c4ncncc34)c(F)n2)c1. The fourth-order valence-corrected chi connectivity index (χ4v) is 2.83. The van der Waals surface area contributed by atoms with Gasteiger partial charge in [0, 0.05) is 36.0 Å². The van der Waals surface area contributed by atoms with Crippen molar-refractivity contribution in [3.63, 3.8) is 0 Å². The van der Waals surface area contributed by atoms with Crippen LogP contribution in [0.25, 0.3) is 11.0 Å². The Bertz CT molecular complexity index is 1060. The normalized spacial score (nSPS) is 11.0. The molecule has 6 nitrogen and oxygen atoms in total. The van der Waals surface area contributed by atoms with E-state index >= 15 is 0 Å². The van der Waals surface area contributed by atoms with Gasteiger partial charge in [0.15, 0.2) is 0 Å². The number of hydrogen-bond acceptors (Lipinski definition) is 5. The molecule has 0 radical (unpaired) electrons. The summed E-state index contributed by atoms with van der Waals surface area (Å²) in [6, 6.07) is 7.44. The molecule has 0 spiro atoms. The quantitative estimate of drug-likeness (QED) is 0.541. The third kappa shape index (κ3) is 3.37. The maximum absolute atomic E-state index is 14.4. The Morgan fingerprint density at radius 2 is 2.08 bits per heavy atom. The predicted molar refractivity (Wildman–Crippen MR) is 97.2 cm³/mol. The predicted octanol–water partition coefficient (Wildman–Crippen LogP) is 3.40. The van der Waals surface area contributed by atoms with Crippen molar-refractivity contribution in [1.29, 1.82) is 0 Å². The third-order valence-electron chi connectivity index (χ3n) is 4.17. The second-order valence-corrected chi connectivity index (χ2v) is 6.10. The van der Waals surface area contributed by atoms with Crippen molar-refractivity contribution in [3.8, 4) is 0 Å². The number of aryl methyl sites for hydroxylation is 1. The van der Waals surface area contributed by atoms with E-state index in [1.807, 2.05) is 25.3 Å². The molecule has 0 unspecified atom stereocenters. The molecule has 0 saturated carbocycles. The fraction of sp³-hybridized carbons (Fsp3) is 0.158. The van der Waals surface area contributed by atoms with Crippen LogP contribution in [0.3, 0.4) is 0 Å². The first-order valence-corrected chi connectivity index (χ1v) is 8.26. The van der Waals surface area contributed by atoms with Crippen LogP contribution in [0.2, 0.25) is 0 Å². The van der Waals surface area contributed by atoms with Gasteiger partial charge in [-0.2, -0.15) is 4.39 Å². The first-order chi connectivity index (χ1) is 12.7. The molecule has 0 aromatic carbocycles. The molecule has 0 aliphatic rings. The zero-order valence-electron chi connectivity index (χ0n) is 14.2. The second kappa shape index (κ2) is 6.87. The van der Waals surface area contributed by atoms with Gasteiger partial charge >= 0.3 is 0 Å². The minimum Gasteiger partial charge on any atom is -0.364 e. The van der Waals surface area contributed by atoms with E-state index in [9.17, 15) is 4.39 Å². The highest BCUT2D eigenvalue weighted by Crippen LogP contribution is 2.20. The number of hydrogen-bond donors (Lipinski definition) is 2. The lowest BCUT2D eigenvalue weighted by molar-refractivity contribution is 0.571. The van der Waals surface area contributed by atoms with Gasteiger partial charge in [-0.3, -0.25) is 4.98 Å². The Hall–Kier alpha value is -3.35. The van der Waals surface area contributed by atoms with E-state index in [2.05, 4.69) is 30.2 Å². The van der Waals surface area contributed by atoms with Gasteiger partial charge in [-0.1, -0.05) is 6.07 Å². The van der Waals surface area contributed by atoms with Crippen LogP contribution in [-0.4, -0.2) is 24.9 Å². The third-order valence-corrected chi connectivity index (χ3v) is 4.17. The number of fused-ring (bicyclic) bond motifs is 1. The van der Waals surface area contributed by atoms with Gasteiger partial charge in [0.2, 0.25) is 5.95 Å². The lowest BCUT2D eigenvalue weighted by atomic mass is 10.1. The Kier molecular flexibility index (Phi) is 4.27. The number of aromatic nitrogens is 5. The van der Waals surface area contributed by atoms with Gasteiger partial charge in [0.1, 0.15) is 17.8 Å². The maximum Gasteiger partial charge on any atom is 0.218 e. The highest BCUT2D eigenvalue weighted by Gasteiger charge is 2.10. The molecule has 0 fully saturated rings. The van der Waals surface area contributed by atoms with Crippen molar-refractivity contribution in [2.45, 2.75) is 19.9 Å². The lowest BCUT2D eigenvalue weighted by Gasteiger charge is -2.08. The Morgan fingerprint density at radius 1 is 1.15 bits per heavy atom. The van der Waals surface area contributed by atoms with Crippen molar-refractivity contribution in [2.24, 2.45) is 0 Å². The molecule has 26 heavy (non-hydrogen) atoms. The number of rotatable bonds is 5. The topological polar surface area (TPSA) is 79.4 Å². The summed E-state index contributed by atoms with van der Waals surface area (Å²) in [5.74, 6) is -0.00443. The molecular weight excluding hydrogens is 331 g/mol. The molecule has 4 heterocycles. The van der Waals surface area contributed by atoms with Crippen LogP contribution in [0.5, 0.6) is 0 Å². The minimum atomic E-state index is -0.488. The van der Waals surface area contributed by atoms with E-state index in [1.165, 1.54) is 6.33 Å². The van der Waals surface area contributed by atoms with E-state index in [1.54, 1.807) is 24.5 Å². The summed E-state index contributed by atoms with van der Waals surface area (Å²) in [6.07, 6.45) is 7.22. The number of H-pyrrole nitrogens is 1. The molecule has 0 saturated heterocycles. The molecule has 0 amide bonds. The van der Waals surface area contributed by atoms with Crippen LogP contribution in [0.15, 0.2) is 49.2 Å². The zero-order chi connectivity index (χ0) is 17.9.